The third-order valence-corrected chi connectivity index (χ3v) is 5.95. The van der Waals surface area contributed by atoms with Gasteiger partial charge in [0.2, 0.25) is 10.0 Å². The third-order valence-electron chi connectivity index (χ3n) is 4.09. The zero-order valence-corrected chi connectivity index (χ0v) is 16.8. The Morgan fingerprint density at radius 3 is 2.64 bits per heavy atom. The lowest BCUT2D eigenvalue weighted by atomic mass is 10.1. The Hall–Kier alpha value is -2.16. The van der Waals surface area contributed by atoms with Crippen molar-refractivity contribution in [2.45, 2.75) is 50.0 Å². The lowest BCUT2D eigenvalue weighted by molar-refractivity contribution is -0.146. The molecule has 1 aliphatic heterocycles. The molecule has 1 saturated heterocycles. The molecule has 4 unspecified atom stereocenters. The van der Waals surface area contributed by atoms with E-state index >= 15 is 0 Å². The summed E-state index contributed by atoms with van der Waals surface area (Å²) >= 11 is 0. The van der Waals surface area contributed by atoms with Crippen LogP contribution in [0.2, 0.25) is 0 Å². The van der Waals surface area contributed by atoms with Gasteiger partial charge in [0.25, 0.3) is 5.91 Å². The third kappa shape index (κ3) is 5.21. The number of hydroxylamine groups is 1. The highest BCUT2D eigenvalue weighted by atomic mass is 32.2. The second-order valence-electron chi connectivity index (χ2n) is 6.52. The van der Waals surface area contributed by atoms with Crippen LogP contribution in [0.4, 0.5) is 0 Å². The molecule has 4 atom stereocenters. The monoisotopic (exact) mass is 411 g/mol. The molecule has 2 rings (SSSR count). The maximum Gasteiger partial charge on any atom is 0.264 e. The first-order valence-electron chi connectivity index (χ1n) is 8.75. The second kappa shape index (κ2) is 9.36. The summed E-state index contributed by atoms with van der Waals surface area (Å²) in [6.45, 7) is 5.16. The zero-order valence-electron chi connectivity index (χ0n) is 16.0. The van der Waals surface area contributed by atoms with E-state index in [9.17, 15) is 13.2 Å². The Bertz CT molecular complexity index is 844. The van der Waals surface area contributed by atoms with Gasteiger partial charge in [-0.25, -0.2) is 13.9 Å². The van der Waals surface area contributed by atoms with Crippen molar-refractivity contribution >= 4 is 15.9 Å². The topological polar surface area (TPSA) is 131 Å². The van der Waals surface area contributed by atoms with E-state index in [0.29, 0.717) is 5.75 Å². The molecule has 28 heavy (non-hydrogen) atoms. The van der Waals surface area contributed by atoms with Crippen LogP contribution in [0.15, 0.2) is 29.2 Å². The van der Waals surface area contributed by atoms with Crippen molar-refractivity contribution in [1.29, 1.82) is 0 Å². The molecule has 0 aromatic heterocycles. The van der Waals surface area contributed by atoms with Gasteiger partial charge in [-0.05, 0) is 45.0 Å². The highest BCUT2D eigenvalue weighted by molar-refractivity contribution is 7.89. The van der Waals surface area contributed by atoms with Crippen molar-refractivity contribution < 1.29 is 27.9 Å². The van der Waals surface area contributed by atoms with Gasteiger partial charge in [0, 0.05) is 6.54 Å². The van der Waals surface area contributed by atoms with Gasteiger partial charge in [-0.15, -0.1) is 0 Å². The summed E-state index contributed by atoms with van der Waals surface area (Å²) in [7, 11) is -4.00. The summed E-state index contributed by atoms with van der Waals surface area (Å²) < 4.78 is 38.2. The van der Waals surface area contributed by atoms with Crippen molar-refractivity contribution in [3.63, 3.8) is 0 Å². The van der Waals surface area contributed by atoms with E-state index in [1.807, 2.05) is 0 Å². The van der Waals surface area contributed by atoms with Gasteiger partial charge in [0.1, 0.15) is 18.4 Å². The number of morpholine rings is 1. The summed E-state index contributed by atoms with van der Waals surface area (Å²) in [6, 6.07) is 4.36. The van der Waals surface area contributed by atoms with E-state index in [1.54, 1.807) is 20.8 Å². The van der Waals surface area contributed by atoms with Crippen molar-refractivity contribution in [1.82, 2.24) is 9.79 Å². The minimum Gasteiger partial charge on any atom is -0.481 e. The average molecular weight is 411 g/mol. The minimum atomic E-state index is -4.00. The van der Waals surface area contributed by atoms with Crippen molar-refractivity contribution in [3.05, 3.63) is 24.3 Å². The van der Waals surface area contributed by atoms with Crippen molar-refractivity contribution in [2.75, 3.05) is 13.2 Å². The molecule has 10 heteroatoms. The number of nitrogens with two attached hydrogens (primary N) is 1. The lowest BCUT2D eigenvalue weighted by Gasteiger charge is -2.40. The molecule has 154 valence electrons. The highest BCUT2D eigenvalue weighted by Crippen LogP contribution is 2.27. The molecular weight excluding hydrogens is 386 g/mol. The van der Waals surface area contributed by atoms with Crippen LogP contribution in [0.5, 0.6) is 5.75 Å². The molecule has 9 nitrogen and oxygen atoms in total. The standard InChI is InChI=1S/C18H25N3O6S/c1-12(19)5-4-10-26-15-6-8-16(9-7-15)28(24,25)21-11-13(2)27-14(3)17(21)18(22)20-23/h6-9,12-14,17,23H,10-11,19H2,1-3H3,(H,20,22). The van der Waals surface area contributed by atoms with Crippen LogP contribution in [-0.2, 0) is 19.6 Å². The highest BCUT2D eigenvalue weighted by Gasteiger charge is 2.44. The fourth-order valence-corrected chi connectivity index (χ4v) is 4.63. The maximum absolute atomic E-state index is 13.1. The maximum atomic E-state index is 13.1. The van der Waals surface area contributed by atoms with Gasteiger partial charge >= 0.3 is 0 Å². The molecule has 0 spiro atoms. The van der Waals surface area contributed by atoms with Crippen LogP contribution in [0, 0.1) is 11.8 Å². The summed E-state index contributed by atoms with van der Waals surface area (Å²) in [5.74, 6) is 5.11. The number of ether oxygens (including phenoxy) is 2. The molecule has 0 aliphatic carbocycles. The van der Waals surface area contributed by atoms with Crippen LogP contribution < -0.4 is 16.0 Å². The molecule has 1 aromatic rings. The molecule has 0 bridgehead atoms. The predicted octanol–water partition coefficient (Wildman–Crippen LogP) is 0.0879. The summed E-state index contributed by atoms with van der Waals surface area (Å²) in [6.07, 6.45) is -1.13. The molecular formula is C18H25N3O6S. The molecule has 4 N–H and O–H groups in total. The summed E-state index contributed by atoms with van der Waals surface area (Å²) in [5.41, 5.74) is 7.03. The van der Waals surface area contributed by atoms with Gasteiger partial charge in [-0.2, -0.15) is 4.31 Å². The first kappa shape index (κ1) is 22.1. The first-order valence-corrected chi connectivity index (χ1v) is 10.2. The molecule has 0 radical (unpaired) electrons. The molecule has 1 heterocycles. The van der Waals surface area contributed by atoms with E-state index in [-0.39, 0.29) is 24.1 Å². The smallest absolute Gasteiger partial charge is 0.264 e. The molecule has 1 aromatic carbocycles. The normalized spacial score (nSPS) is 24.0. The van der Waals surface area contributed by atoms with Crippen molar-refractivity contribution in [2.24, 2.45) is 5.73 Å². The Labute approximate surface area is 164 Å². The van der Waals surface area contributed by atoms with E-state index in [4.69, 9.17) is 20.4 Å². The van der Waals surface area contributed by atoms with Crippen molar-refractivity contribution in [3.8, 4) is 17.6 Å². The van der Waals surface area contributed by atoms with Gasteiger partial charge in [-0.1, -0.05) is 11.8 Å². The van der Waals surface area contributed by atoms with Crippen LogP contribution in [0.25, 0.3) is 0 Å². The van der Waals surface area contributed by atoms with E-state index in [0.717, 1.165) is 4.31 Å². The fourth-order valence-electron chi connectivity index (χ4n) is 2.91. The minimum absolute atomic E-state index is 0.00134. The Kier molecular flexibility index (Phi) is 7.40. The number of carbonyl (C=O) groups is 1. The summed E-state index contributed by atoms with van der Waals surface area (Å²) in [4.78, 5) is 12.0. The van der Waals surface area contributed by atoms with E-state index in [1.165, 1.54) is 29.7 Å². The zero-order chi connectivity index (χ0) is 20.9. The number of amides is 1. The van der Waals surface area contributed by atoms with Gasteiger partial charge in [0.05, 0.1) is 23.1 Å². The Balaban J connectivity index is 2.22. The van der Waals surface area contributed by atoms with Gasteiger partial charge in [-0.3, -0.25) is 10.0 Å². The first-order chi connectivity index (χ1) is 13.2. The lowest BCUT2D eigenvalue weighted by Crippen LogP contribution is -2.60. The number of carbonyl (C=O) groups excluding carboxylic acids is 1. The van der Waals surface area contributed by atoms with Crippen LogP contribution in [0.1, 0.15) is 20.8 Å². The molecule has 1 amide bonds. The van der Waals surface area contributed by atoms with Gasteiger partial charge in [0.15, 0.2) is 0 Å². The summed E-state index contributed by atoms with van der Waals surface area (Å²) in [5, 5.41) is 8.99. The predicted molar refractivity (Wildman–Crippen MR) is 101 cm³/mol. The quantitative estimate of drug-likeness (QED) is 0.355. The van der Waals surface area contributed by atoms with E-state index < -0.39 is 34.2 Å². The fraction of sp³-hybridized carbons (Fsp3) is 0.500. The van der Waals surface area contributed by atoms with Crippen LogP contribution in [0.3, 0.4) is 0 Å². The second-order valence-corrected chi connectivity index (χ2v) is 8.41. The molecule has 1 fully saturated rings. The van der Waals surface area contributed by atoms with Crippen LogP contribution >= 0.6 is 0 Å². The number of benzene rings is 1. The Morgan fingerprint density at radius 1 is 1.43 bits per heavy atom. The Morgan fingerprint density at radius 2 is 2.07 bits per heavy atom. The molecule has 0 saturated carbocycles. The van der Waals surface area contributed by atoms with Crippen LogP contribution in [-0.4, -0.2) is 61.3 Å². The van der Waals surface area contributed by atoms with Gasteiger partial charge < -0.3 is 15.2 Å². The SMILES string of the molecule is CC(N)C#CCOc1ccc(S(=O)(=O)N2CC(C)OC(C)C2C(=O)NO)cc1. The number of nitrogens with one attached hydrogen (secondary N) is 1. The van der Waals surface area contributed by atoms with E-state index in [2.05, 4.69) is 11.8 Å². The largest absolute Gasteiger partial charge is 0.481 e. The number of sulfonamides is 1. The number of rotatable bonds is 5. The number of hydrogen-bond donors (Lipinski definition) is 3. The molecule has 1 aliphatic rings. The average Bonchev–Trinajstić information content (AvgIpc) is 2.64. The number of hydrogen-bond acceptors (Lipinski definition) is 7. The number of nitrogens with zero attached hydrogens (tertiary/aromatic N) is 1.